The predicted octanol–water partition coefficient (Wildman–Crippen LogP) is 1.46. The van der Waals surface area contributed by atoms with E-state index in [4.69, 9.17) is 0 Å². The van der Waals surface area contributed by atoms with Gasteiger partial charge in [0.25, 0.3) is 0 Å². The number of carbonyl (C=O) groups is 1. The van der Waals surface area contributed by atoms with E-state index in [9.17, 15) is 4.79 Å². The lowest BCUT2D eigenvalue weighted by Crippen LogP contribution is -2.52. The number of amides is 1. The van der Waals surface area contributed by atoms with E-state index in [1.54, 1.807) is 0 Å². The molecule has 0 saturated carbocycles. The van der Waals surface area contributed by atoms with Gasteiger partial charge >= 0.3 is 0 Å². The van der Waals surface area contributed by atoms with Crippen molar-refractivity contribution in [1.82, 2.24) is 14.8 Å². The third kappa shape index (κ3) is 3.77. The van der Waals surface area contributed by atoms with Crippen molar-refractivity contribution in [3.63, 3.8) is 0 Å². The normalized spacial score (nSPS) is 21.1. The second-order valence-corrected chi connectivity index (χ2v) is 6.51. The molecule has 5 nitrogen and oxygen atoms in total. The second-order valence-electron chi connectivity index (χ2n) is 6.51. The summed E-state index contributed by atoms with van der Waals surface area (Å²) in [6, 6.07) is 5.98. The van der Waals surface area contributed by atoms with Crippen molar-refractivity contribution >= 4 is 11.7 Å². The molecule has 2 aliphatic heterocycles. The number of anilines is 1. The maximum Gasteiger partial charge on any atom is 0.236 e. The second kappa shape index (κ2) is 7.09. The average Bonchev–Trinajstić information content (AvgIpc) is 2.58. The summed E-state index contributed by atoms with van der Waals surface area (Å²) in [6.07, 6.45) is 4.27. The van der Waals surface area contributed by atoms with Crippen LogP contribution in [-0.2, 0) is 4.79 Å². The van der Waals surface area contributed by atoms with Crippen LogP contribution in [0.4, 0.5) is 5.82 Å². The number of nitrogens with zero attached hydrogens (tertiary/aromatic N) is 4. The molecule has 0 unspecified atom stereocenters. The summed E-state index contributed by atoms with van der Waals surface area (Å²) in [5.41, 5.74) is 0. The minimum Gasteiger partial charge on any atom is -0.353 e. The van der Waals surface area contributed by atoms with E-state index in [1.807, 2.05) is 29.3 Å². The summed E-state index contributed by atoms with van der Waals surface area (Å²) < 4.78 is 0. The molecule has 2 fully saturated rings. The first-order valence-electron chi connectivity index (χ1n) is 8.38. The molecule has 0 aromatic carbocycles. The van der Waals surface area contributed by atoms with Crippen LogP contribution in [0, 0.1) is 5.92 Å². The molecule has 120 valence electrons. The summed E-state index contributed by atoms with van der Waals surface area (Å²) >= 11 is 0. The van der Waals surface area contributed by atoms with E-state index in [1.165, 1.54) is 12.8 Å². The van der Waals surface area contributed by atoms with Crippen LogP contribution in [0.1, 0.15) is 19.8 Å². The Morgan fingerprint density at radius 3 is 2.50 bits per heavy atom. The Morgan fingerprint density at radius 1 is 1.14 bits per heavy atom. The molecule has 0 atom stereocenters. The van der Waals surface area contributed by atoms with Gasteiger partial charge in [0.05, 0.1) is 6.54 Å². The summed E-state index contributed by atoms with van der Waals surface area (Å²) in [5.74, 6) is 2.11. The summed E-state index contributed by atoms with van der Waals surface area (Å²) in [7, 11) is 0. The molecule has 0 N–H and O–H groups in total. The highest BCUT2D eigenvalue weighted by molar-refractivity contribution is 5.78. The molecule has 1 aromatic heterocycles. The van der Waals surface area contributed by atoms with Crippen LogP contribution in [0.5, 0.6) is 0 Å². The van der Waals surface area contributed by atoms with Gasteiger partial charge in [-0.15, -0.1) is 0 Å². The average molecular weight is 302 g/mol. The third-order valence-electron chi connectivity index (χ3n) is 4.84. The quantitative estimate of drug-likeness (QED) is 0.847. The summed E-state index contributed by atoms with van der Waals surface area (Å²) in [6.45, 7) is 8.40. The largest absolute Gasteiger partial charge is 0.353 e. The van der Waals surface area contributed by atoms with E-state index in [0.717, 1.165) is 51.0 Å². The maximum atomic E-state index is 12.4. The van der Waals surface area contributed by atoms with E-state index < -0.39 is 0 Å². The zero-order chi connectivity index (χ0) is 15.4. The van der Waals surface area contributed by atoms with Crippen LogP contribution in [0.25, 0.3) is 0 Å². The Kier molecular flexibility index (Phi) is 4.93. The molecular formula is C17H26N4O. The molecule has 5 heteroatoms. The van der Waals surface area contributed by atoms with Crippen molar-refractivity contribution in [1.29, 1.82) is 0 Å². The molecule has 1 amide bonds. The molecule has 3 heterocycles. The van der Waals surface area contributed by atoms with Crippen LogP contribution in [0.15, 0.2) is 24.4 Å². The molecule has 1 aromatic rings. The highest BCUT2D eigenvalue weighted by Gasteiger charge is 2.24. The lowest BCUT2D eigenvalue weighted by Gasteiger charge is -2.37. The van der Waals surface area contributed by atoms with Crippen LogP contribution < -0.4 is 4.90 Å². The number of rotatable bonds is 3. The van der Waals surface area contributed by atoms with Gasteiger partial charge in [-0.2, -0.15) is 0 Å². The molecule has 3 rings (SSSR count). The summed E-state index contributed by atoms with van der Waals surface area (Å²) in [4.78, 5) is 23.4. The molecule has 0 radical (unpaired) electrons. The minimum atomic E-state index is 0.287. The zero-order valence-electron chi connectivity index (χ0n) is 13.4. The molecule has 0 bridgehead atoms. The number of pyridine rings is 1. The molecule has 2 saturated heterocycles. The Bertz CT molecular complexity index is 477. The number of likely N-dealkylation sites (tertiary alicyclic amines) is 1. The molecule has 2 aliphatic rings. The maximum absolute atomic E-state index is 12.4. The fourth-order valence-corrected chi connectivity index (χ4v) is 3.24. The van der Waals surface area contributed by atoms with Crippen molar-refractivity contribution < 1.29 is 4.79 Å². The van der Waals surface area contributed by atoms with Crippen LogP contribution in [0.3, 0.4) is 0 Å². The predicted molar refractivity (Wildman–Crippen MR) is 87.9 cm³/mol. The summed E-state index contributed by atoms with van der Waals surface area (Å²) in [5, 5.41) is 0. The number of aromatic nitrogens is 1. The molecular weight excluding hydrogens is 276 g/mol. The van der Waals surface area contributed by atoms with E-state index in [-0.39, 0.29) is 5.91 Å². The number of hydrogen-bond donors (Lipinski definition) is 0. The van der Waals surface area contributed by atoms with E-state index >= 15 is 0 Å². The van der Waals surface area contributed by atoms with Gasteiger partial charge in [-0.05, 0) is 44.0 Å². The lowest BCUT2D eigenvalue weighted by molar-refractivity contribution is -0.133. The third-order valence-corrected chi connectivity index (χ3v) is 4.84. The van der Waals surface area contributed by atoms with Crippen LogP contribution in [0.2, 0.25) is 0 Å². The van der Waals surface area contributed by atoms with Crippen molar-refractivity contribution in [3.05, 3.63) is 24.4 Å². The molecule has 22 heavy (non-hydrogen) atoms. The Balaban J connectivity index is 1.46. The lowest BCUT2D eigenvalue weighted by atomic mass is 9.99. The Hall–Kier alpha value is -1.62. The highest BCUT2D eigenvalue weighted by Crippen LogP contribution is 2.16. The van der Waals surface area contributed by atoms with Crippen molar-refractivity contribution in [2.24, 2.45) is 5.92 Å². The smallest absolute Gasteiger partial charge is 0.236 e. The van der Waals surface area contributed by atoms with E-state index in [0.29, 0.717) is 6.54 Å². The van der Waals surface area contributed by atoms with E-state index in [2.05, 4.69) is 21.7 Å². The van der Waals surface area contributed by atoms with Gasteiger partial charge in [0, 0.05) is 32.4 Å². The van der Waals surface area contributed by atoms with Crippen molar-refractivity contribution in [2.45, 2.75) is 19.8 Å². The Morgan fingerprint density at radius 2 is 1.86 bits per heavy atom. The van der Waals surface area contributed by atoms with Gasteiger partial charge in [0.1, 0.15) is 5.82 Å². The molecule has 0 aliphatic carbocycles. The highest BCUT2D eigenvalue weighted by atomic mass is 16.2. The Labute approximate surface area is 132 Å². The number of hydrogen-bond acceptors (Lipinski definition) is 4. The van der Waals surface area contributed by atoms with Crippen LogP contribution >= 0.6 is 0 Å². The van der Waals surface area contributed by atoms with Gasteiger partial charge in [0.2, 0.25) is 5.91 Å². The fraction of sp³-hybridized carbons (Fsp3) is 0.647. The minimum absolute atomic E-state index is 0.287. The number of carbonyl (C=O) groups excluding carboxylic acids is 1. The molecule has 0 spiro atoms. The first-order valence-corrected chi connectivity index (χ1v) is 8.38. The van der Waals surface area contributed by atoms with Crippen LogP contribution in [-0.4, -0.2) is 66.5 Å². The van der Waals surface area contributed by atoms with Crippen molar-refractivity contribution in [2.75, 3.05) is 50.7 Å². The van der Waals surface area contributed by atoms with Crippen molar-refractivity contribution in [3.8, 4) is 0 Å². The van der Waals surface area contributed by atoms with Gasteiger partial charge in [-0.25, -0.2) is 4.98 Å². The SMILES string of the molecule is CC1CCN(CC(=O)N2CCN(c3ccccn3)CC2)CC1. The first kappa shape index (κ1) is 15.3. The number of piperazine rings is 1. The number of piperidine rings is 1. The van der Waals surface area contributed by atoms with Gasteiger partial charge < -0.3 is 9.80 Å². The zero-order valence-corrected chi connectivity index (χ0v) is 13.4. The standard InChI is InChI=1S/C17H26N4O/c1-15-5-8-19(9-6-15)14-17(22)21-12-10-20(11-13-21)16-4-2-3-7-18-16/h2-4,7,15H,5-6,8-14H2,1H3. The van der Waals surface area contributed by atoms with Gasteiger partial charge in [-0.1, -0.05) is 13.0 Å². The fourth-order valence-electron chi connectivity index (χ4n) is 3.24. The van der Waals surface area contributed by atoms with Gasteiger partial charge in [0.15, 0.2) is 0 Å². The van der Waals surface area contributed by atoms with Gasteiger partial charge in [-0.3, -0.25) is 9.69 Å². The topological polar surface area (TPSA) is 39.7 Å². The first-order chi connectivity index (χ1) is 10.7. The monoisotopic (exact) mass is 302 g/mol.